The zero-order valence-corrected chi connectivity index (χ0v) is 24.3. The molecule has 3 aromatic rings. The molecule has 2 aliphatic heterocycles. The number of halogens is 6. The first-order valence-corrected chi connectivity index (χ1v) is 14.4. The van der Waals surface area contributed by atoms with E-state index in [1.165, 1.54) is 24.3 Å². The van der Waals surface area contributed by atoms with Crippen LogP contribution in [0.1, 0.15) is 82.6 Å². The molecule has 3 aliphatic rings. The molecule has 15 heteroatoms. The van der Waals surface area contributed by atoms with E-state index in [1.54, 1.807) is 13.1 Å². The Morgan fingerprint density at radius 1 is 1.09 bits per heavy atom. The minimum atomic E-state index is -5.52. The Balaban J connectivity index is 1.38. The fraction of sp³-hybridized carbons (Fsp3) is 0.467. The molecule has 6 rings (SSSR count). The smallest absolute Gasteiger partial charge is 0.430 e. The molecule has 1 saturated heterocycles. The summed E-state index contributed by atoms with van der Waals surface area (Å²) in [6, 6.07) is 8.01. The van der Waals surface area contributed by atoms with E-state index < -0.39 is 47.1 Å². The number of aromatic nitrogens is 3. The Bertz CT molecular complexity index is 1640. The van der Waals surface area contributed by atoms with Crippen molar-refractivity contribution in [1.82, 2.24) is 25.4 Å². The van der Waals surface area contributed by atoms with Gasteiger partial charge in [0.15, 0.2) is 0 Å². The predicted molar refractivity (Wildman–Crippen MR) is 148 cm³/mol. The van der Waals surface area contributed by atoms with E-state index in [4.69, 9.17) is 0 Å². The van der Waals surface area contributed by atoms with Crippen molar-refractivity contribution in [3.8, 4) is 0 Å². The highest BCUT2D eigenvalue weighted by molar-refractivity contribution is 6.11. The SMILES string of the molecule is Cn1c(Cc2cccc(N3C(=O)c4cc(CNC5(C)CCC5)cc(C(F)(F)F)c4C3OC(=O)C(F)(F)F)c2)nnc1C1CNC1. The molecule has 0 bridgehead atoms. The van der Waals surface area contributed by atoms with Crippen LogP contribution in [0.5, 0.6) is 0 Å². The zero-order valence-electron chi connectivity index (χ0n) is 24.3. The summed E-state index contributed by atoms with van der Waals surface area (Å²) in [6.45, 7) is 3.45. The van der Waals surface area contributed by atoms with Crippen molar-refractivity contribution in [2.45, 2.75) is 69.2 Å². The standard InChI is InChI=1S/C30H30F6N6O3/c1-28(7-4-8-28)38-13-17-10-20-23(21(11-17)29(31,32)33)26(45-27(44)30(34,35)36)42(25(20)43)19-6-3-5-16(9-19)12-22-39-40-24(41(22)2)18-14-37-15-18/h3,5-6,9-11,18,26,37-38H,4,7-8,12-15H2,1-2H3. The molecule has 240 valence electrons. The van der Waals surface area contributed by atoms with Crippen molar-refractivity contribution in [3.63, 3.8) is 0 Å². The molecule has 1 unspecified atom stereocenters. The predicted octanol–water partition coefficient (Wildman–Crippen LogP) is 4.91. The van der Waals surface area contributed by atoms with E-state index in [1.807, 2.05) is 11.5 Å². The van der Waals surface area contributed by atoms with Crippen LogP contribution >= 0.6 is 0 Å². The van der Waals surface area contributed by atoms with Gasteiger partial charge in [-0.2, -0.15) is 26.3 Å². The summed E-state index contributed by atoms with van der Waals surface area (Å²) >= 11 is 0. The molecule has 0 spiro atoms. The lowest BCUT2D eigenvalue weighted by Crippen LogP contribution is -2.47. The summed E-state index contributed by atoms with van der Waals surface area (Å²) in [6.07, 6.45) is -10.1. The fourth-order valence-electron chi connectivity index (χ4n) is 5.94. The van der Waals surface area contributed by atoms with Gasteiger partial charge in [-0.15, -0.1) is 10.2 Å². The van der Waals surface area contributed by atoms with E-state index in [0.29, 0.717) is 16.3 Å². The van der Waals surface area contributed by atoms with E-state index in [9.17, 15) is 35.9 Å². The molecule has 0 radical (unpaired) electrons. The van der Waals surface area contributed by atoms with Crippen LogP contribution in [-0.2, 0) is 35.7 Å². The van der Waals surface area contributed by atoms with Crippen LogP contribution in [0, 0.1) is 0 Å². The monoisotopic (exact) mass is 636 g/mol. The average molecular weight is 637 g/mol. The second-order valence-corrected chi connectivity index (χ2v) is 12.0. The van der Waals surface area contributed by atoms with Crippen molar-refractivity contribution in [3.05, 3.63) is 75.9 Å². The van der Waals surface area contributed by atoms with Gasteiger partial charge in [0, 0.05) is 61.4 Å². The van der Waals surface area contributed by atoms with E-state index in [2.05, 4.69) is 25.6 Å². The molecular weight excluding hydrogens is 606 g/mol. The van der Waals surface area contributed by atoms with Gasteiger partial charge in [-0.1, -0.05) is 12.1 Å². The van der Waals surface area contributed by atoms with Crippen molar-refractivity contribution < 1.29 is 40.7 Å². The number of hydrogen-bond acceptors (Lipinski definition) is 7. The van der Waals surface area contributed by atoms with Crippen LogP contribution in [0.25, 0.3) is 0 Å². The second-order valence-electron chi connectivity index (χ2n) is 12.0. The average Bonchev–Trinajstić information content (AvgIpc) is 3.40. The normalized spacial score (nSPS) is 19.7. The first-order chi connectivity index (χ1) is 21.1. The van der Waals surface area contributed by atoms with Crippen LogP contribution < -0.4 is 15.5 Å². The van der Waals surface area contributed by atoms with E-state index in [0.717, 1.165) is 44.2 Å². The molecule has 3 heterocycles. The number of fused-ring (bicyclic) bond motifs is 1. The summed E-state index contributed by atoms with van der Waals surface area (Å²) in [5.41, 5.74) is -2.32. The number of ether oxygens (including phenoxy) is 1. The molecule has 1 aliphatic carbocycles. The molecule has 1 aromatic heterocycles. The minimum absolute atomic E-state index is 0.000755. The number of alkyl halides is 6. The van der Waals surface area contributed by atoms with Gasteiger partial charge >= 0.3 is 18.3 Å². The number of benzene rings is 2. The Morgan fingerprint density at radius 2 is 1.82 bits per heavy atom. The van der Waals surface area contributed by atoms with Crippen molar-refractivity contribution >= 4 is 17.6 Å². The highest BCUT2D eigenvalue weighted by atomic mass is 19.4. The first-order valence-electron chi connectivity index (χ1n) is 14.4. The first kappa shape index (κ1) is 31.0. The summed E-state index contributed by atoms with van der Waals surface area (Å²) in [5.74, 6) is -2.19. The third-order valence-electron chi connectivity index (χ3n) is 8.80. The number of amides is 1. The molecule has 2 fully saturated rings. The molecule has 9 nitrogen and oxygen atoms in total. The third-order valence-corrected chi connectivity index (χ3v) is 8.80. The van der Waals surface area contributed by atoms with Gasteiger partial charge in [0.25, 0.3) is 5.91 Å². The van der Waals surface area contributed by atoms with E-state index in [-0.39, 0.29) is 35.7 Å². The number of carbonyl (C=O) groups excluding carboxylic acids is 2. The maximum absolute atomic E-state index is 14.5. The number of nitrogens with zero attached hydrogens (tertiary/aromatic N) is 4. The summed E-state index contributed by atoms with van der Waals surface area (Å²) in [4.78, 5) is 26.5. The Labute approximate surface area is 253 Å². The minimum Gasteiger partial charge on any atom is -0.430 e. The highest BCUT2D eigenvalue weighted by Gasteiger charge is 2.51. The Kier molecular flexibility index (Phi) is 7.67. The number of rotatable bonds is 8. The number of esters is 1. The summed E-state index contributed by atoms with van der Waals surface area (Å²) < 4.78 is 90.0. The van der Waals surface area contributed by atoms with Gasteiger partial charge in [-0.05, 0) is 61.6 Å². The topological polar surface area (TPSA) is 101 Å². The second kappa shape index (κ2) is 11.1. The number of nitrogens with one attached hydrogen (secondary N) is 2. The van der Waals surface area contributed by atoms with Gasteiger partial charge in [0.2, 0.25) is 6.23 Å². The lowest BCUT2D eigenvalue weighted by atomic mass is 9.78. The molecule has 1 amide bonds. The van der Waals surface area contributed by atoms with Crippen molar-refractivity contribution in [1.29, 1.82) is 0 Å². The maximum Gasteiger partial charge on any atom is 0.491 e. The van der Waals surface area contributed by atoms with Crippen LogP contribution in [0.15, 0.2) is 36.4 Å². The number of carbonyl (C=O) groups is 2. The van der Waals surface area contributed by atoms with Crippen LogP contribution in [0.4, 0.5) is 32.0 Å². The molecule has 45 heavy (non-hydrogen) atoms. The Morgan fingerprint density at radius 3 is 2.42 bits per heavy atom. The van der Waals surface area contributed by atoms with Gasteiger partial charge < -0.3 is 19.9 Å². The lowest BCUT2D eigenvalue weighted by Gasteiger charge is -2.39. The highest BCUT2D eigenvalue weighted by Crippen LogP contribution is 2.46. The summed E-state index contributed by atoms with van der Waals surface area (Å²) in [5, 5.41) is 14.9. The largest absolute Gasteiger partial charge is 0.491 e. The van der Waals surface area contributed by atoms with Crippen LogP contribution in [0.3, 0.4) is 0 Å². The van der Waals surface area contributed by atoms with Gasteiger partial charge in [-0.25, -0.2) is 4.79 Å². The zero-order chi connectivity index (χ0) is 32.3. The number of anilines is 1. The van der Waals surface area contributed by atoms with Crippen LogP contribution in [0.2, 0.25) is 0 Å². The molecular formula is C30H30F6N6O3. The molecule has 1 saturated carbocycles. The van der Waals surface area contributed by atoms with Crippen molar-refractivity contribution in [2.24, 2.45) is 7.05 Å². The van der Waals surface area contributed by atoms with Gasteiger partial charge in [0.1, 0.15) is 11.6 Å². The third kappa shape index (κ3) is 5.90. The maximum atomic E-state index is 14.5. The lowest BCUT2D eigenvalue weighted by molar-refractivity contribution is -0.205. The van der Waals surface area contributed by atoms with Crippen molar-refractivity contribution in [2.75, 3.05) is 18.0 Å². The van der Waals surface area contributed by atoms with Crippen LogP contribution in [-0.4, -0.2) is 51.4 Å². The Hall–Kier alpha value is -3.98. The molecule has 2 aromatic carbocycles. The number of hydrogen-bond donors (Lipinski definition) is 2. The van der Waals surface area contributed by atoms with Gasteiger partial charge in [-0.3, -0.25) is 9.69 Å². The molecule has 2 N–H and O–H groups in total. The summed E-state index contributed by atoms with van der Waals surface area (Å²) in [7, 11) is 1.80. The quantitative estimate of drug-likeness (QED) is 0.268. The molecule has 1 atom stereocenters. The van der Waals surface area contributed by atoms with Gasteiger partial charge in [0.05, 0.1) is 5.56 Å². The fourth-order valence-corrected chi connectivity index (χ4v) is 5.94. The van der Waals surface area contributed by atoms with E-state index >= 15 is 0 Å².